The number of rotatable bonds is 2. The topological polar surface area (TPSA) is 46.2 Å². The van der Waals surface area contributed by atoms with Crippen LogP contribution in [0.25, 0.3) is 0 Å². The summed E-state index contributed by atoms with van der Waals surface area (Å²) in [4.78, 5) is 21.9. The van der Waals surface area contributed by atoms with Gasteiger partial charge in [-0.15, -0.1) is 6.58 Å². The number of hydrogen-bond acceptors (Lipinski definition) is 2. The molecule has 0 saturated carbocycles. The highest BCUT2D eigenvalue weighted by Crippen LogP contribution is 2.19. The lowest BCUT2D eigenvalue weighted by Gasteiger charge is -2.19. The van der Waals surface area contributed by atoms with Crippen LogP contribution in [0.5, 0.6) is 0 Å². The summed E-state index contributed by atoms with van der Waals surface area (Å²) in [5.74, 6) is -0.221. The van der Waals surface area contributed by atoms with Gasteiger partial charge in [-0.1, -0.05) is 6.08 Å². The average molecular weight is 153 g/mol. The maximum Gasteiger partial charge on any atom is 0.228 e. The van der Waals surface area contributed by atoms with E-state index in [-0.39, 0.29) is 18.1 Å². The van der Waals surface area contributed by atoms with E-state index in [1.165, 1.54) is 0 Å². The van der Waals surface area contributed by atoms with E-state index in [4.69, 9.17) is 0 Å². The summed E-state index contributed by atoms with van der Waals surface area (Å²) < 4.78 is 0. The predicted molar refractivity (Wildman–Crippen MR) is 41.0 cm³/mol. The zero-order chi connectivity index (χ0) is 8.48. The van der Waals surface area contributed by atoms with Crippen molar-refractivity contribution >= 4 is 11.7 Å². The highest BCUT2D eigenvalue weighted by Gasteiger charge is 2.40. The minimum absolute atomic E-state index is 0.0182. The highest BCUT2D eigenvalue weighted by molar-refractivity contribution is 6.10. The van der Waals surface area contributed by atoms with E-state index in [9.17, 15) is 9.59 Å². The number of carbonyl (C=O) groups is 2. The number of amides is 1. The van der Waals surface area contributed by atoms with Crippen LogP contribution >= 0.6 is 0 Å². The first kappa shape index (κ1) is 7.98. The number of nitrogens with one attached hydrogen (secondary N) is 1. The zero-order valence-corrected chi connectivity index (χ0v) is 6.52. The van der Waals surface area contributed by atoms with Gasteiger partial charge in [0.1, 0.15) is 0 Å². The fraction of sp³-hybridized carbons (Fsp3) is 0.500. The minimum Gasteiger partial charge on any atom is -0.343 e. The van der Waals surface area contributed by atoms with Gasteiger partial charge in [-0.3, -0.25) is 9.59 Å². The molecule has 1 atom stereocenters. The molecule has 1 aliphatic heterocycles. The number of ketones is 1. The molecule has 1 aliphatic rings. The molecule has 60 valence electrons. The Morgan fingerprint density at radius 1 is 1.73 bits per heavy atom. The molecule has 0 unspecified atom stereocenters. The Hall–Kier alpha value is -1.12. The molecular weight excluding hydrogens is 142 g/mol. The van der Waals surface area contributed by atoms with Gasteiger partial charge in [0.2, 0.25) is 5.91 Å². The number of carbonyl (C=O) groups excluding carboxylic acids is 2. The lowest BCUT2D eigenvalue weighted by atomic mass is 9.95. The molecular formula is C8H11NO2. The van der Waals surface area contributed by atoms with Gasteiger partial charge in [-0.05, 0) is 13.3 Å². The first-order chi connectivity index (χ1) is 5.08. The number of Topliss-reactive ketones (excluding diaryl/α,β-unsaturated/α-hetero) is 1. The second-order valence-electron chi connectivity index (χ2n) is 2.97. The van der Waals surface area contributed by atoms with E-state index in [0.717, 1.165) is 0 Å². The maximum absolute atomic E-state index is 11.2. The van der Waals surface area contributed by atoms with Crippen molar-refractivity contribution in [1.82, 2.24) is 5.32 Å². The summed E-state index contributed by atoms with van der Waals surface area (Å²) in [5.41, 5.74) is -0.682. The summed E-state index contributed by atoms with van der Waals surface area (Å²) in [5, 5.41) is 2.62. The molecule has 1 fully saturated rings. The molecule has 11 heavy (non-hydrogen) atoms. The van der Waals surface area contributed by atoms with Crippen LogP contribution in [-0.4, -0.2) is 17.2 Å². The molecule has 1 N–H and O–H groups in total. The van der Waals surface area contributed by atoms with Gasteiger partial charge in [0.25, 0.3) is 0 Å². The fourth-order valence-corrected chi connectivity index (χ4v) is 1.22. The standard InChI is InChI=1S/C8H11NO2/c1-3-4-8(2)6(10)5-7(11)9-8/h3H,1,4-5H2,2H3,(H,9,11)/t8-/m0/s1. The Morgan fingerprint density at radius 2 is 2.36 bits per heavy atom. The fourth-order valence-electron chi connectivity index (χ4n) is 1.22. The lowest BCUT2D eigenvalue weighted by Crippen LogP contribution is -2.42. The smallest absolute Gasteiger partial charge is 0.228 e. The third-order valence-electron chi connectivity index (χ3n) is 1.90. The van der Waals surface area contributed by atoms with Crippen LogP contribution in [0.1, 0.15) is 19.8 Å². The van der Waals surface area contributed by atoms with E-state index in [2.05, 4.69) is 11.9 Å². The Labute approximate surface area is 65.5 Å². The predicted octanol–water partition coefficient (Wildman–Crippen LogP) is 0.410. The zero-order valence-electron chi connectivity index (χ0n) is 6.52. The summed E-state index contributed by atoms with van der Waals surface area (Å²) >= 11 is 0. The van der Waals surface area contributed by atoms with Crippen molar-refractivity contribution < 1.29 is 9.59 Å². The summed E-state index contributed by atoms with van der Waals surface area (Å²) in [6.07, 6.45) is 2.17. The van der Waals surface area contributed by atoms with Gasteiger partial charge in [-0.25, -0.2) is 0 Å². The molecule has 3 heteroatoms. The van der Waals surface area contributed by atoms with Crippen molar-refractivity contribution in [2.45, 2.75) is 25.3 Å². The first-order valence-corrected chi connectivity index (χ1v) is 3.54. The highest BCUT2D eigenvalue weighted by atomic mass is 16.2. The van der Waals surface area contributed by atoms with Crippen molar-refractivity contribution in [3.05, 3.63) is 12.7 Å². The van der Waals surface area contributed by atoms with Crippen molar-refractivity contribution in [2.75, 3.05) is 0 Å². The van der Waals surface area contributed by atoms with E-state index >= 15 is 0 Å². The van der Waals surface area contributed by atoms with Crippen molar-refractivity contribution in [2.24, 2.45) is 0 Å². The Morgan fingerprint density at radius 3 is 2.73 bits per heavy atom. The third-order valence-corrected chi connectivity index (χ3v) is 1.90. The molecule has 0 spiro atoms. The average Bonchev–Trinajstić information content (AvgIpc) is 2.08. The second kappa shape index (κ2) is 2.49. The van der Waals surface area contributed by atoms with Crippen LogP contribution in [0.3, 0.4) is 0 Å². The van der Waals surface area contributed by atoms with Crippen molar-refractivity contribution in [3.8, 4) is 0 Å². The van der Waals surface area contributed by atoms with Gasteiger partial charge in [0.05, 0.1) is 12.0 Å². The van der Waals surface area contributed by atoms with E-state index < -0.39 is 5.54 Å². The monoisotopic (exact) mass is 153 g/mol. The van der Waals surface area contributed by atoms with Gasteiger partial charge < -0.3 is 5.32 Å². The summed E-state index contributed by atoms with van der Waals surface area (Å²) in [6, 6.07) is 0. The van der Waals surface area contributed by atoms with Gasteiger partial charge in [-0.2, -0.15) is 0 Å². The van der Waals surface area contributed by atoms with Crippen LogP contribution in [-0.2, 0) is 9.59 Å². The molecule has 0 aromatic heterocycles. The Balaban J connectivity index is 2.78. The SMILES string of the molecule is C=CC[C@]1(C)NC(=O)CC1=O. The maximum atomic E-state index is 11.2. The molecule has 1 saturated heterocycles. The summed E-state index contributed by atoms with van der Waals surface area (Å²) in [7, 11) is 0. The molecule has 1 rings (SSSR count). The van der Waals surface area contributed by atoms with Gasteiger partial charge >= 0.3 is 0 Å². The van der Waals surface area contributed by atoms with Crippen molar-refractivity contribution in [1.29, 1.82) is 0 Å². The third kappa shape index (κ3) is 1.31. The number of hydrogen-bond donors (Lipinski definition) is 1. The largest absolute Gasteiger partial charge is 0.343 e. The normalized spacial score (nSPS) is 30.3. The van der Waals surface area contributed by atoms with Crippen LogP contribution in [0, 0.1) is 0 Å². The van der Waals surface area contributed by atoms with E-state index in [1.54, 1.807) is 13.0 Å². The minimum atomic E-state index is -0.682. The van der Waals surface area contributed by atoms with Gasteiger partial charge in [0, 0.05) is 0 Å². The molecule has 0 aliphatic carbocycles. The molecule has 0 aromatic rings. The van der Waals surface area contributed by atoms with Crippen LogP contribution in [0.2, 0.25) is 0 Å². The van der Waals surface area contributed by atoms with Crippen LogP contribution < -0.4 is 5.32 Å². The van der Waals surface area contributed by atoms with Crippen LogP contribution in [0.15, 0.2) is 12.7 Å². The molecule has 0 aromatic carbocycles. The Bertz CT molecular complexity index is 222. The molecule has 0 radical (unpaired) electrons. The molecule has 3 nitrogen and oxygen atoms in total. The molecule has 1 heterocycles. The quantitative estimate of drug-likeness (QED) is 0.461. The van der Waals surface area contributed by atoms with E-state index in [0.29, 0.717) is 6.42 Å². The Kier molecular flexibility index (Phi) is 1.81. The molecule has 1 amide bonds. The van der Waals surface area contributed by atoms with Crippen molar-refractivity contribution in [3.63, 3.8) is 0 Å². The second-order valence-corrected chi connectivity index (χ2v) is 2.97. The van der Waals surface area contributed by atoms with E-state index in [1.807, 2.05) is 0 Å². The van der Waals surface area contributed by atoms with Crippen LogP contribution in [0.4, 0.5) is 0 Å². The van der Waals surface area contributed by atoms with Gasteiger partial charge in [0.15, 0.2) is 5.78 Å². The lowest BCUT2D eigenvalue weighted by molar-refractivity contribution is -0.123. The first-order valence-electron chi connectivity index (χ1n) is 3.54. The molecule has 0 bridgehead atoms. The summed E-state index contributed by atoms with van der Waals surface area (Å²) in [6.45, 7) is 5.25.